The molecular formula is C15H19N5OS. The molecule has 6 nitrogen and oxygen atoms in total. The lowest BCUT2D eigenvalue weighted by atomic mass is 9.64. The Morgan fingerprint density at radius 1 is 1.36 bits per heavy atom. The van der Waals surface area contributed by atoms with Crippen molar-refractivity contribution in [3.63, 3.8) is 0 Å². The molecule has 0 radical (unpaired) electrons. The van der Waals surface area contributed by atoms with Crippen LogP contribution < -0.4 is 5.32 Å². The molecule has 1 amide bonds. The minimum absolute atomic E-state index is 0.0233. The second-order valence-corrected chi connectivity index (χ2v) is 6.59. The van der Waals surface area contributed by atoms with E-state index in [0.717, 1.165) is 12.8 Å². The fourth-order valence-electron chi connectivity index (χ4n) is 2.76. The van der Waals surface area contributed by atoms with Crippen molar-refractivity contribution < 1.29 is 4.79 Å². The van der Waals surface area contributed by atoms with E-state index in [1.165, 1.54) is 23.7 Å². The smallest absolute Gasteiger partial charge is 0.230 e. The molecule has 1 N–H and O–H groups in total. The molecule has 0 unspecified atom stereocenters. The normalized spacial score (nSPS) is 16.0. The molecule has 0 atom stereocenters. The van der Waals surface area contributed by atoms with Gasteiger partial charge in [-0.25, -0.2) is 4.68 Å². The average molecular weight is 317 g/mol. The van der Waals surface area contributed by atoms with Gasteiger partial charge in [0.25, 0.3) is 0 Å². The van der Waals surface area contributed by atoms with Gasteiger partial charge in [-0.1, -0.05) is 48.5 Å². The summed E-state index contributed by atoms with van der Waals surface area (Å²) in [5, 5.41) is 14.9. The molecule has 0 spiro atoms. The van der Waals surface area contributed by atoms with Crippen LogP contribution >= 0.6 is 11.8 Å². The molecule has 3 rings (SSSR count). The van der Waals surface area contributed by atoms with E-state index in [0.29, 0.717) is 17.5 Å². The maximum Gasteiger partial charge on any atom is 0.230 e. The molecule has 0 bridgehead atoms. The highest BCUT2D eigenvalue weighted by molar-refractivity contribution is 7.99. The number of tetrazole rings is 1. The van der Waals surface area contributed by atoms with Gasteiger partial charge >= 0.3 is 0 Å². The van der Waals surface area contributed by atoms with Crippen LogP contribution in [0, 0.1) is 0 Å². The van der Waals surface area contributed by atoms with Gasteiger partial charge in [0.2, 0.25) is 11.1 Å². The summed E-state index contributed by atoms with van der Waals surface area (Å²) < 4.78 is 1.56. The van der Waals surface area contributed by atoms with Gasteiger partial charge in [-0.2, -0.15) is 0 Å². The van der Waals surface area contributed by atoms with Gasteiger partial charge in [-0.15, -0.1) is 5.10 Å². The maximum absolute atomic E-state index is 12.1. The summed E-state index contributed by atoms with van der Waals surface area (Å²) in [4.78, 5) is 12.1. The van der Waals surface area contributed by atoms with Crippen LogP contribution in [0.1, 0.15) is 24.8 Å². The molecule has 1 fully saturated rings. The standard InChI is InChI=1S/C15H19N5OS/c1-20-14(17-18-19-20)22-10-13(21)16-11-15(8-5-9-15)12-6-3-2-4-7-12/h2-4,6-7H,5,8-11H2,1H3,(H,16,21). The number of carbonyl (C=O) groups is 1. The molecule has 0 saturated heterocycles. The van der Waals surface area contributed by atoms with Gasteiger partial charge in [0.15, 0.2) is 0 Å². The minimum atomic E-state index is 0.0233. The Kier molecular flexibility index (Phi) is 4.42. The number of thioether (sulfide) groups is 1. The second-order valence-electron chi connectivity index (χ2n) is 5.65. The highest BCUT2D eigenvalue weighted by Crippen LogP contribution is 2.43. The molecule has 0 aliphatic heterocycles. The number of hydrogen-bond acceptors (Lipinski definition) is 5. The first-order valence-electron chi connectivity index (χ1n) is 7.37. The Morgan fingerprint density at radius 2 is 2.14 bits per heavy atom. The van der Waals surface area contributed by atoms with E-state index in [4.69, 9.17) is 0 Å². The lowest BCUT2D eigenvalue weighted by molar-refractivity contribution is -0.119. The number of aromatic nitrogens is 4. The largest absolute Gasteiger partial charge is 0.354 e. The summed E-state index contributed by atoms with van der Waals surface area (Å²) in [7, 11) is 1.76. The maximum atomic E-state index is 12.1. The van der Waals surface area contributed by atoms with Crippen LogP contribution in [0.2, 0.25) is 0 Å². The van der Waals surface area contributed by atoms with E-state index in [-0.39, 0.29) is 11.3 Å². The average Bonchev–Trinajstić information content (AvgIpc) is 2.90. The summed E-state index contributed by atoms with van der Waals surface area (Å²) in [6, 6.07) is 10.5. The molecule has 22 heavy (non-hydrogen) atoms. The Hall–Kier alpha value is -1.89. The fourth-order valence-corrected chi connectivity index (χ4v) is 3.44. The first-order valence-corrected chi connectivity index (χ1v) is 8.36. The summed E-state index contributed by atoms with van der Waals surface area (Å²) >= 11 is 1.35. The van der Waals surface area contributed by atoms with Crippen molar-refractivity contribution in [2.24, 2.45) is 7.05 Å². The van der Waals surface area contributed by atoms with Crippen molar-refractivity contribution in [1.29, 1.82) is 0 Å². The van der Waals surface area contributed by atoms with Crippen LogP contribution in [0.15, 0.2) is 35.5 Å². The van der Waals surface area contributed by atoms with Crippen molar-refractivity contribution in [3.8, 4) is 0 Å². The van der Waals surface area contributed by atoms with Crippen LogP contribution in [0.5, 0.6) is 0 Å². The van der Waals surface area contributed by atoms with E-state index in [9.17, 15) is 4.79 Å². The number of benzene rings is 1. The quantitative estimate of drug-likeness (QED) is 0.818. The summed E-state index contributed by atoms with van der Waals surface area (Å²) in [6.07, 6.45) is 3.50. The summed E-state index contributed by atoms with van der Waals surface area (Å²) in [5.41, 5.74) is 1.44. The highest BCUT2D eigenvalue weighted by Gasteiger charge is 2.38. The number of hydrogen-bond donors (Lipinski definition) is 1. The number of carbonyl (C=O) groups excluding carboxylic acids is 1. The molecule has 1 aliphatic rings. The van der Waals surface area contributed by atoms with E-state index >= 15 is 0 Å². The zero-order chi connectivity index (χ0) is 15.4. The van der Waals surface area contributed by atoms with E-state index in [2.05, 4.69) is 45.1 Å². The van der Waals surface area contributed by atoms with Crippen LogP contribution in [0.4, 0.5) is 0 Å². The molecule has 2 aromatic rings. The van der Waals surface area contributed by atoms with Crippen molar-refractivity contribution >= 4 is 17.7 Å². The van der Waals surface area contributed by atoms with Crippen LogP contribution in [0.25, 0.3) is 0 Å². The molecule has 1 aromatic carbocycles. The number of nitrogens with zero attached hydrogens (tertiary/aromatic N) is 4. The number of aryl methyl sites for hydroxylation is 1. The molecule has 1 heterocycles. The number of amides is 1. The van der Waals surface area contributed by atoms with Crippen LogP contribution in [0.3, 0.4) is 0 Å². The van der Waals surface area contributed by atoms with E-state index in [1.807, 2.05) is 6.07 Å². The van der Waals surface area contributed by atoms with Gasteiger partial charge in [0, 0.05) is 19.0 Å². The summed E-state index contributed by atoms with van der Waals surface area (Å²) in [5.74, 6) is 0.356. The highest BCUT2D eigenvalue weighted by atomic mass is 32.2. The van der Waals surface area contributed by atoms with Gasteiger partial charge in [0.1, 0.15) is 0 Å². The van der Waals surface area contributed by atoms with Crippen molar-refractivity contribution in [1.82, 2.24) is 25.5 Å². The van der Waals surface area contributed by atoms with Crippen LogP contribution in [-0.4, -0.2) is 38.4 Å². The minimum Gasteiger partial charge on any atom is -0.354 e. The third-order valence-electron chi connectivity index (χ3n) is 4.23. The lowest BCUT2D eigenvalue weighted by Crippen LogP contribution is -2.46. The van der Waals surface area contributed by atoms with E-state index in [1.54, 1.807) is 11.7 Å². The first-order chi connectivity index (χ1) is 10.7. The Balaban J connectivity index is 1.53. The number of rotatable bonds is 6. The first kappa shape index (κ1) is 15.0. The zero-order valence-corrected chi connectivity index (χ0v) is 13.3. The Labute approximate surface area is 133 Å². The zero-order valence-electron chi connectivity index (χ0n) is 12.5. The molecule has 116 valence electrons. The SMILES string of the molecule is Cn1nnnc1SCC(=O)NCC1(c2ccccc2)CCC1. The third-order valence-corrected chi connectivity index (χ3v) is 5.24. The third kappa shape index (κ3) is 3.14. The van der Waals surface area contributed by atoms with Gasteiger partial charge in [-0.3, -0.25) is 4.79 Å². The summed E-state index contributed by atoms with van der Waals surface area (Å²) in [6.45, 7) is 0.702. The predicted octanol–water partition coefficient (Wildman–Crippen LogP) is 1.54. The Bertz CT molecular complexity index is 638. The topological polar surface area (TPSA) is 72.7 Å². The second kappa shape index (κ2) is 6.48. The van der Waals surface area contributed by atoms with E-state index < -0.39 is 0 Å². The van der Waals surface area contributed by atoms with Gasteiger partial charge in [0.05, 0.1) is 5.75 Å². The molecule has 1 saturated carbocycles. The Morgan fingerprint density at radius 3 is 2.73 bits per heavy atom. The monoisotopic (exact) mass is 317 g/mol. The molecular weight excluding hydrogens is 298 g/mol. The van der Waals surface area contributed by atoms with Crippen molar-refractivity contribution in [2.75, 3.05) is 12.3 Å². The van der Waals surface area contributed by atoms with Gasteiger partial charge < -0.3 is 5.32 Å². The van der Waals surface area contributed by atoms with Gasteiger partial charge in [-0.05, 0) is 28.8 Å². The molecule has 7 heteroatoms. The predicted molar refractivity (Wildman–Crippen MR) is 84.5 cm³/mol. The lowest BCUT2D eigenvalue weighted by Gasteiger charge is -2.42. The van der Waals surface area contributed by atoms with Crippen molar-refractivity contribution in [3.05, 3.63) is 35.9 Å². The fraction of sp³-hybridized carbons (Fsp3) is 0.467. The number of nitrogens with one attached hydrogen (secondary N) is 1. The molecule has 1 aromatic heterocycles. The van der Waals surface area contributed by atoms with Crippen LogP contribution in [-0.2, 0) is 17.3 Å². The van der Waals surface area contributed by atoms with Crippen molar-refractivity contribution in [2.45, 2.75) is 29.8 Å². The molecule has 1 aliphatic carbocycles.